The zero-order valence-corrected chi connectivity index (χ0v) is 21.7. The third-order valence-electron chi connectivity index (χ3n) is 5.23. The van der Waals surface area contributed by atoms with Gasteiger partial charge in [0.2, 0.25) is 11.0 Å². The van der Waals surface area contributed by atoms with Crippen molar-refractivity contribution in [3.8, 4) is 17.2 Å². The lowest BCUT2D eigenvalue weighted by Gasteiger charge is -2.09. The number of nitrogens with one attached hydrogen (secondary N) is 1. The number of anilines is 1. The van der Waals surface area contributed by atoms with Gasteiger partial charge in [0.05, 0.1) is 10.5 Å². The topological polar surface area (TPSA) is 107 Å². The van der Waals surface area contributed by atoms with Crippen molar-refractivity contribution in [3.63, 3.8) is 0 Å². The number of benzene rings is 2. The van der Waals surface area contributed by atoms with E-state index in [1.165, 1.54) is 42.5 Å². The van der Waals surface area contributed by atoms with Crippen LogP contribution in [0.25, 0.3) is 11.5 Å². The molecule has 196 valence electrons. The highest BCUT2D eigenvalue weighted by Crippen LogP contribution is 2.37. The Balaban J connectivity index is 1.47. The van der Waals surface area contributed by atoms with Crippen LogP contribution in [0.2, 0.25) is 0 Å². The summed E-state index contributed by atoms with van der Waals surface area (Å²) >= 11 is 1.16. The van der Waals surface area contributed by atoms with E-state index < -0.39 is 21.8 Å². The zero-order chi connectivity index (χ0) is 26.8. The zero-order valence-electron chi connectivity index (χ0n) is 20.0. The van der Waals surface area contributed by atoms with E-state index in [9.17, 15) is 21.6 Å². The molecule has 0 fully saturated rings. The fourth-order valence-corrected chi connectivity index (χ4v) is 5.33. The molecule has 2 aromatic carbocycles. The summed E-state index contributed by atoms with van der Waals surface area (Å²) in [5, 5.41) is 8.71. The Kier molecular flexibility index (Phi) is 7.55. The average molecular weight is 553 g/mol. The maximum absolute atomic E-state index is 13.4. The minimum Gasteiger partial charge on any atom is -0.487 e. The Morgan fingerprint density at radius 1 is 1.08 bits per heavy atom. The molecular formula is C24H23F3N4O4S2. The van der Waals surface area contributed by atoms with E-state index in [-0.39, 0.29) is 34.0 Å². The van der Waals surface area contributed by atoms with Gasteiger partial charge in [-0.05, 0) is 36.4 Å². The summed E-state index contributed by atoms with van der Waals surface area (Å²) in [7, 11) is -3.88. The molecule has 0 bridgehead atoms. The molecule has 37 heavy (non-hydrogen) atoms. The van der Waals surface area contributed by atoms with Crippen molar-refractivity contribution >= 4 is 26.5 Å². The van der Waals surface area contributed by atoms with Crippen LogP contribution in [0, 0.1) is 0 Å². The monoisotopic (exact) mass is 552 g/mol. The number of aryl methyl sites for hydroxylation is 1. The second-order valence-corrected chi connectivity index (χ2v) is 10.9. The smallest absolute Gasteiger partial charge is 0.417 e. The Labute approximate surface area is 215 Å². The van der Waals surface area contributed by atoms with Crippen LogP contribution in [0.15, 0.2) is 57.8 Å². The van der Waals surface area contributed by atoms with Gasteiger partial charge in [0.1, 0.15) is 28.8 Å². The molecule has 0 saturated heterocycles. The van der Waals surface area contributed by atoms with E-state index in [1.54, 1.807) is 6.92 Å². The number of aromatic nitrogens is 3. The first-order valence-electron chi connectivity index (χ1n) is 11.2. The number of hydrogen-bond donors (Lipinski definition) is 1. The summed E-state index contributed by atoms with van der Waals surface area (Å²) in [6, 6.07) is 10.7. The van der Waals surface area contributed by atoms with Crippen molar-refractivity contribution in [1.29, 1.82) is 0 Å². The largest absolute Gasteiger partial charge is 0.487 e. The van der Waals surface area contributed by atoms with Crippen LogP contribution in [-0.2, 0) is 29.2 Å². The Morgan fingerprint density at radius 3 is 2.41 bits per heavy atom. The molecule has 0 unspecified atom stereocenters. The lowest BCUT2D eigenvalue weighted by atomic mass is 10.1. The normalized spacial score (nSPS) is 12.2. The average Bonchev–Trinajstić information content (AvgIpc) is 3.49. The number of nitrogens with zero attached hydrogens (tertiary/aromatic N) is 3. The highest BCUT2D eigenvalue weighted by atomic mass is 32.2. The maximum atomic E-state index is 13.4. The van der Waals surface area contributed by atoms with Gasteiger partial charge in [-0.2, -0.15) is 13.2 Å². The molecule has 8 nitrogen and oxygen atoms in total. The molecule has 0 atom stereocenters. The molecule has 0 spiro atoms. The molecule has 0 amide bonds. The number of ether oxygens (including phenoxy) is 1. The lowest BCUT2D eigenvalue weighted by molar-refractivity contribution is -0.137. The van der Waals surface area contributed by atoms with Crippen LogP contribution in [-0.4, -0.2) is 23.6 Å². The van der Waals surface area contributed by atoms with Gasteiger partial charge in [0, 0.05) is 17.9 Å². The van der Waals surface area contributed by atoms with Gasteiger partial charge in [0.25, 0.3) is 10.0 Å². The number of sulfonamides is 1. The number of rotatable bonds is 9. The van der Waals surface area contributed by atoms with Gasteiger partial charge < -0.3 is 9.15 Å². The predicted octanol–water partition coefficient (Wildman–Crippen LogP) is 6.28. The molecular weight excluding hydrogens is 529 g/mol. The number of oxazole rings is 1. The molecule has 0 aliphatic heterocycles. The van der Waals surface area contributed by atoms with Crippen LogP contribution in [0.1, 0.15) is 48.7 Å². The number of hydrogen-bond acceptors (Lipinski definition) is 8. The minimum absolute atomic E-state index is 0.00266. The summed E-state index contributed by atoms with van der Waals surface area (Å²) < 4.78 is 79.3. The number of halogens is 3. The summed E-state index contributed by atoms with van der Waals surface area (Å²) in [6.07, 6.45) is -4.16. The quantitative estimate of drug-likeness (QED) is 0.260. The summed E-state index contributed by atoms with van der Waals surface area (Å²) in [4.78, 5) is 4.25. The van der Waals surface area contributed by atoms with Crippen LogP contribution in [0.3, 0.4) is 0 Å². The van der Waals surface area contributed by atoms with Gasteiger partial charge in [-0.25, -0.2) is 13.4 Å². The highest BCUT2D eigenvalue weighted by Gasteiger charge is 2.35. The predicted molar refractivity (Wildman–Crippen MR) is 132 cm³/mol. The molecule has 4 rings (SSSR count). The van der Waals surface area contributed by atoms with Crippen molar-refractivity contribution in [2.75, 3.05) is 4.72 Å². The SMILES string of the molecule is CCc1oc(-c2ccccc2C(F)(F)F)nc1COc1ccc(S(=O)(=O)Nc2nnc(C(C)C)s2)cc1. The molecule has 0 aliphatic carbocycles. The Morgan fingerprint density at radius 2 is 1.78 bits per heavy atom. The first-order valence-corrected chi connectivity index (χ1v) is 13.5. The first kappa shape index (κ1) is 26.6. The fraction of sp³-hybridized carbons (Fsp3) is 0.292. The van der Waals surface area contributed by atoms with Gasteiger partial charge in [0.15, 0.2) is 0 Å². The third-order valence-corrected chi connectivity index (χ3v) is 7.85. The Hall–Kier alpha value is -3.45. The van der Waals surface area contributed by atoms with Crippen LogP contribution in [0.5, 0.6) is 5.75 Å². The van der Waals surface area contributed by atoms with E-state index in [0.717, 1.165) is 17.4 Å². The van der Waals surface area contributed by atoms with Gasteiger partial charge >= 0.3 is 6.18 Å². The molecule has 0 radical (unpaired) electrons. The Bertz CT molecular complexity index is 1480. The highest BCUT2D eigenvalue weighted by molar-refractivity contribution is 7.93. The van der Waals surface area contributed by atoms with Crippen LogP contribution >= 0.6 is 11.3 Å². The minimum atomic E-state index is -4.56. The second-order valence-electron chi connectivity index (χ2n) is 8.25. The van der Waals surface area contributed by atoms with E-state index in [4.69, 9.17) is 9.15 Å². The first-order chi connectivity index (χ1) is 17.5. The standard InChI is InChI=1S/C24H23F3N4O4S2/c1-4-20-19(28-21(35-20)17-7-5-6-8-18(17)24(25,26)27)13-34-15-9-11-16(12-10-15)37(32,33)31-23-30-29-22(36-23)14(2)3/h5-12,14H,4,13H2,1-3H3,(H,30,31). The molecule has 2 aromatic heterocycles. The van der Waals surface area contributed by atoms with E-state index in [2.05, 4.69) is 19.9 Å². The fourth-order valence-electron chi connectivity index (χ4n) is 3.35. The molecule has 0 aliphatic rings. The third kappa shape index (κ3) is 6.10. The van der Waals surface area contributed by atoms with Gasteiger partial charge in [-0.1, -0.05) is 44.2 Å². The second kappa shape index (κ2) is 10.5. The molecule has 4 aromatic rings. The van der Waals surface area contributed by atoms with E-state index in [1.807, 2.05) is 13.8 Å². The van der Waals surface area contributed by atoms with E-state index >= 15 is 0 Å². The summed E-state index contributed by atoms with van der Waals surface area (Å²) in [6.45, 7) is 5.58. The van der Waals surface area contributed by atoms with Crippen molar-refractivity contribution < 1.29 is 30.7 Å². The van der Waals surface area contributed by atoms with Crippen LogP contribution < -0.4 is 9.46 Å². The van der Waals surface area contributed by atoms with Crippen LogP contribution in [0.4, 0.5) is 18.3 Å². The molecule has 2 heterocycles. The lowest BCUT2D eigenvalue weighted by Crippen LogP contribution is -2.12. The van der Waals surface area contributed by atoms with Crippen molar-refractivity contribution in [3.05, 3.63) is 70.6 Å². The van der Waals surface area contributed by atoms with Crippen molar-refractivity contribution in [2.24, 2.45) is 0 Å². The van der Waals surface area contributed by atoms with Gasteiger partial charge in [-0.15, -0.1) is 10.2 Å². The maximum Gasteiger partial charge on any atom is 0.417 e. The molecule has 0 saturated carbocycles. The summed E-state index contributed by atoms with van der Waals surface area (Å²) in [5.41, 5.74) is -0.648. The van der Waals surface area contributed by atoms with Crippen molar-refractivity contribution in [2.45, 2.75) is 50.8 Å². The molecule has 1 N–H and O–H groups in total. The van der Waals surface area contributed by atoms with Crippen molar-refractivity contribution in [1.82, 2.24) is 15.2 Å². The number of alkyl halides is 3. The van der Waals surface area contributed by atoms with E-state index in [0.29, 0.717) is 28.6 Å². The molecule has 13 heteroatoms. The summed E-state index contributed by atoms with van der Waals surface area (Å²) in [5.74, 6) is 0.723. The van der Waals surface area contributed by atoms with Gasteiger partial charge in [-0.3, -0.25) is 4.72 Å².